The van der Waals surface area contributed by atoms with E-state index in [4.69, 9.17) is 0 Å². The molecule has 17 heavy (non-hydrogen) atoms. The van der Waals surface area contributed by atoms with Gasteiger partial charge in [0.25, 0.3) is 0 Å². The summed E-state index contributed by atoms with van der Waals surface area (Å²) in [5.74, 6) is -0.183. The minimum Gasteiger partial charge on any atom is -0.337 e. The second kappa shape index (κ2) is 4.47. The quantitative estimate of drug-likeness (QED) is 0.770. The molecular formula is C14H17FNO. The molecule has 91 valence electrons. The number of hydrogen-bond acceptors (Lipinski definition) is 1. The van der Waals surface area contributed by atoms with E-state index in [0.29, 0.717) is 6.42 Å². The van der Waals surface area contributed by atoms with Crippen LogP contribution < -0.4 is 0 Å². The zero-order valence-corrected chi connectivity index (χ0v) is 10.2. The fraction of sp³-hybridized carbons (Fsp3) is 0.429. The van der Waals surface area contributed by atoms with Crippen LogP contribution >= 0.6 is 0 Å². The first-order valence-electron chi connectivity index (χ1n) is 5.83. The number of amides is 1. The van der Waals surface area contributed by atoms with Crippen LogP contribution in [0.25, 0.3) is 0 Å². The molecule has 3 heteroatoms. The number of hydrogen-bond donors (Lipinski definition) is 0. The maximum atomic E-state index is 12.7. The van der Waals surface area contributed by atoms with Gasteiger partial charge in [-0.15, -0.1) is 0 Å². The highest BCUT2D eigenvalue weighted by molar-refractivity contribution is 5.79. The lowest BCUT2D eigenvalue weighted by Gasteiger charge is -2.19. The van der Waals surface area contributed by atoms with Gasteiger partial charge in [0.05, 0.1) is 13.0 Å². The summed E-state index contributed by atoms with van der Waals surface area (Å²) in [7, 11) is 0. The Kier molecular flexibility index (Phi) is 3.18. The Morgan fingerprint density at radius 3 is 2.53 bits per heavy atom. The van der Waals surface area contributed by atoms with Gasteiger partial charge in [0.1, 0.15) is 5.82 Å². The van der Waals surface area contributed by atoms with E-state index in [-0.39, 0.29) is 17.1 Å². The highest BCUT2D eigenvalue weighted by atomic mass is 19.1. The largest absolute Gasteiger partial charge is 0.337 e. The van der Waals surface area contributed by atoms with E-state index in [0.717, 1.165) is 18.5 Å². The Labute approximate surface area is 101 Å². The Morgan fingerprint density at radius 1 is 1.35 bits per heavy atom. The molecule has 2 nitrogen and oxygen atoms in total. The van der Waals surface area contributed by atoms with Gasteiger partial charge in [-0.2, -0.15) is 0 Å². The molecule has 2 rings (SSSR count). The third-order valence-electron chi connectivity index (χ3n) is 3.05. The summed E-state index contributed by atoms with van der Waals surface area (Å²) in [6.07, 6.45) is 1.27. The standard InChI is InChI=1S/C14H17FNO/c1-14(2)7-8-16(10-14)13(17)9-11-3-5-12(15)6-4-11/h3-6,8H,7,9-10H2,1-2H3. The summed E-state index contributed by atoms with van der Waals surface area (Å²) in [6, 6.07) is 6.10. The molecule has 0 saturated carbocycles. The van der Waals surface area contributed by atoms with Crippen molar-refractivity contribution in [3.8, 4) is 0 Å². The molecule has 1 aliphatic heterocycles. The lowest BCUT2D eigenvalue weighted by Crippen LogP contribution is -2.29. The molecule has 1 radical (unpaired) electrons. The fourth-order valence-corrected chi connectivity index (χ4v) is 2.02. The smallest absolute Gasteiger partial charge is 0.227 e. The van der Waals surface area contributed by atoms with Crippen LogP contribution in [-0.4, -0.2) is 17.4 Å². The number of likely N-dealkylation sites (tertiary alicyclic amines) is 1. The molecule has 1 aromatic rings. The highest BCUT2D eigenvalue weighted by Gasteiger charge is 2.32. The van der Waals surface area contributed by atoms with E-state index < -0.39 is 0 Å². The molecule has 1 heterocycles. The first kappa shape index (κ1) is 12.1. The number of nitrogens with zero attached hydrogens (tertiary/aromatic N) is 1. The monoisotopic (exact) mass is 234 g/mol. The maximum Gasteiger partial charge on any atom is 0.227 e. The number of carbonyl (C=O) groups is 1. The molecule has 0 aliphatic carbocycles. The van der Waals surface area contributed by atoms with Gasteiger partial charge in [0.15, 0.2) is 0 Å². The van der Waals surface area contributed by atoms with E-state index in [2.05, 4.69) is 13.8 Å². The van der Waals surface area contributed by atoms with Crippen LogP contribution in [0.1, 0.15) is 25.8 Å². The molecule has 0 spiro atoms. The Bertz CT molecular complexity index is 411. The van der Waals surface area contributed by atoms with Crippen molar-refractivity contribution in [2.75, 3.05) is 6.54 Å². The van der Waals surface area contributed by atoms with Crippen molar-refractivity contribution in [3.05, 3.63) is 42.2 Å². The van der Waals surface area contributed by atoms with Gasteiger partial charge in [-0.05, 0) is 29.5 Å². The molecule has 0 aromatic heterocycles. The Hall–Kier alpha value is -1.38. The van der Waals surface area contributed by atoms with Crippen molar-refractivity contribution in [1.29, 1.82) is 0 Å². The normalized spacial score (nSPS) is 18.4. The first-order chi connectivity index (χ1) is 7.96. The number of carbonyl (C=O) groups excluding carboxylic acids is 1. The van der Waals surface area contributed by atoms with Gasteiger partial charge in [0, 0.05) is 6.54 Å². The summed E-state index contributed by atoms with van der Waals surface area (Å²) in [5.41, 5.74) is 1.04. The van der Waals surface area contributed by atoms with Gasteiger partial charge in [-0.25, -0.2) is 4.39 Å². The molecule has 1 aliphatic rings. The van der Waals surface area contributed by atoms with Crippen LogP contribution in [0.5, 0.6) is 0 Å². The Balaban J connectivity index is 1.96. The second-order valence-electron chi connectivity index (χ2n) is 5.38. The number of rotatable bonds is 2. The summed E-state index contributed by atoms with van der Waals surface area (Å²) in [5, 5.41) is 0. The molecule has 1 amide bonds. The van der Waals surface area contributed by atoms with E-state index in [1.807, 2.05) is 6.54 Å². The average molecular weight is 234 g/mol. The van der Waals surface area contributed by atoms with E-state index in [1.165, 1.54) is 12.1 Å². The van der Waals surface area contributed by atoms with Crippen LogP contribution in [0.2, 0.25) is 0 Å². The SMILES string of the molecule is CC1(C)C[CH]N(C(=O)Cc2ccc(F)cc2)C1. The predicted octanol–water partition coefficient (Wildman–Crippen LogP) is 2.79. The van der Waals surface area contributed by atoms with Crippen LogP contribution in [0.4, 0.5) is 4.39 Å². The predicted molar refractivity (Wildman–Crippen MR) is 64.5 cm³/mol. The minimum atomic E-state index is -0.268. The van der Waals surface area contributed by atoms with Crippen molar-refractivity contribution in [2.45, 2.75) is 26.7 Å². The highest BCUT2D eigenvalue weighted by Crippen LogP contribution is 2.31. The van der Waals surface area contributed by atoms with E-state index >= 15 is 0 Å². The van der Waals surface area contributed by atoms with Crippen LogP contribution in [0.3, 0.4) is 0 Å². The summed E-state index contributed by atoms with van der Waals surface area (Å²) in [6.45, 7) is 7.03. The van der Waals surface area contributed by atoms with Crippen molar-refractivity contribution in [1.82, 2.24) is 4.90 Å². The molecule has 0 bridgehead atoms. The average Bonchev–Trinajstić information content (AvgIpc) is 2.62. The zero-order valence-electron chi connectivity index (χ0n) is 10.2. The van der Waals surface area contributed by atoms with E-state index in [9.17, 15) is 9.18 Å². The molecule has 1 aromatic carbocycles. The summed E-state index contributed by atoms with van der Waals surface area (Å²) in [4.78, 5) is 13.8. The van der Waals surface area contributed by atoms with E-state index in [1.54, 1.807) is 17.0 Å². The molecule has 0 atom stereocenters. The van der Waals surface area contributed by atoms with Gasteiger partial charge < -0.3 is 4.90 Å². The molecule has 0 N–H and O–H groups in total. The zero-order chi connectivity index (χ0) is 12.5. The Morgan fingerprint density at radius 2 is 2.00 bits per heavy atom. The van der Waals surface area contributed by atoms with Crippen LogP contribution in [0.15, 0.2) is 24.3 Å². The van der Waals surface area contributed by atoms with Gasteiger partial charge in [-0.3, -0.25) is 4.79 Å². The number of benzene rings is 1. The van der Waals surface area contributed by atoms with Gasteiger partial charge in [0.2, 0.25) is 5.91 Å². The van der Waals surface area contributed by atoms with Crippen LogP contribution in [0, 0.1) is 17.8 Å². The van der Waals surface area contributed by atoms with Crippen molar-refractivity contribution in [3.63, 3.8) is 0 Å². The summed E-state index contributed by atoms with van der Waals surface area (Å²) < 4.78 is 12.7. The second-order valence-corrected chi connectivity index (χ2v) is 5.38. The van der Waals surface area contributed by atoms with Gasteiger partial charge in [-0.1, -0.05) is 26.0 Å². The topological polar surface area (TPSA) is 20.3 Å². The first-order valence-corrected chi connectivity index (χ1v) is 5.83. The van der Waals surface area contributed by atoms with Crippen LogP contribution in [-0.2, 0) is 11.2 Å². The summed E-state index contributed by atoms with van der Waals surface area (Å²) >= 11 is 0. The molecule has 0 unspecified atom stereocenters. The van der Waals surface area contributed by atoms with Crippen molar-refractivity contribution < 1.29 is 9.18 Å². The molecular weight excluding hydrogens is 217 g/mol. The number of halogens is 1. The maximum absolute atomic E-state index is 12.7. The van der Waals surface area contributed by atoms with Gasteiger partial charge >= 0.3 is 0 Å². The molecule has 1 saturated heterocycles. The third-order valence-corrected chi connectivity index (χ3v) is 3.05. The fourth-order valence-electron chi connectivity index (χ4n) is 2.02. The minimum absolute atomic E-state index is 0.0854. The lowest BCUT2D eigenvalue weighted by molar-refractivity contribution is -0.128. The molecule has 1 fully saturated rings. The third kappa shape index (κ3) is 3.05. The van der Waals surface area contributed by atoms with Crippen molar-refractivity contribution >= 4 is 5.91 Å². The van der Waals surface area contributed by atoms with Crippen molar-refractivity contribution in [2.24, 2.45) is 5.41 Å². The lowest BCUT2D eigenvalue weighted by atomic mass is 9.93.